The predicted molar refractivity (Wildman–Crippen MR) is 83.7 cm³/mol. The third kappa shape index (κ3) is 1.68. The first-order chi connectivity index (χ1) is 9.45. The number of fused-ring (bicyclic) bond motifs is 3. The molecule has 2 heteroatoms. The minimum Gasteiger partial charge on any atom is -0.378 e. The molecule has 0 spiro atoms. The van der Waals surface area contributed by atoms with Crippen LogP contribution in [-0.4, -0.2) is 20.4 Å². The Kier molecular flexibility index (Phi) is 2.72. The van der Waals surface area contributed by atoms with Gasteiger partial charge < -0.3 is 4.90 Å². The van der Waals surface area contributed by atoms with Crippen LogP contribution in [0.4, 0.5) is 5.69 Å². The van der Waals surface area contributed by atoms with Crippen molar-refractivity contribution in [3.8, 4) is 11.1 Å². The van der Waals surface area contributed by atoms with Gasteiger partial charge in [-0.05, 0) is 40.5 Å². The maximum atomic E-state index is 11.0. The van der Waals surface area contributed by atoms with Crippen molar-refractivity contribution in [3.63, 3.8) is 0 Å². The summed E-state index contributed by atoms with van der Waals surface area (Å²) in [6.07, 6.45) is 0.921. The third-order valence-electron chi connectivity index (χ3n) is 4.34. The lowest BCUT2D eigenvalue weighted by atomic mass is 9.82. The zero-order valence-electron chi connectivity index (χ0n) is 12.4. The number of benzene rings is 2. The van der Waals surface area contributed by atoms with E-state index in [1.807, 2.05) is 12.1 Å². The summed E-state index contributed by atoms with van der Waals surface area (Å²) in [7, 11) is 4.11. The van der Waals surface area contributed by atoms with Gasteiger partial charge in [0.05, 0.1) is 0 Å². The maximum Gasteiger partial charge on any atom is 0.150 e. The van der Waals surface area contributed by atoms with E-state index in [4.69, 9.17) is 0 Å². The van der Waals surface area contributed by atoms with E-state index >= 15 is 0 Å². The first kappa shape index (κ1) is 12.9. The second-order valence-corrected chi connectivity index (χ2v) is 6.17. The van der Waals surface area contributed by atoms with Gasteiger partial charge in [0, 0.05) is 30.8 Å². The Morgan fingerprint density at radius 1 is 0.950 bits per heavy atom. The fraction of sp³-hybridized carbons (Fsp3) is 0.278. The molecule has 2 aromatic rings. The SMILES string of the molecule is CN(C)c1ccc2c(c1)C(C)(C)c1cc(C=O)ccc1-2. The topological polar surface area (TPSA) is 20.3 Å². The van der Waals surface area contributed by atoms with E-state index in [1.54, 1.807) is 0 Å². The molecule has 0 atom stereocenters. The standard InChI is InChI=1S/C18H19NO/c1-18(2)16-9-12(11-20)5-7-14(16)15-8-6-13(19(3)4)10-17(15)18/h5-11H,1-4H3. The number of nitrogens with zero attached hydrogens (tertiary/aromatic N) is 1. The molecule has 0 N–H and O–H groups in total. The molecular formula is C18H19NO. The Balaban J connectivity index is 2.26. The summed E-state index contributed by atoms with van der Waals surface area (Å²) < 4.78 is 0. The number of anilines is 1. The predicted octanol–water partition coefficient (Wildman–Crippen LogP) is 3.87. The molecule has 0 amide bonds. The first-order valence-electron chi connectivity index (χ1n) is 6.87. The Hall–Kier alpha value is -2.09. The van der Waals surface area contributed by atoms with Crippen molar-refractivity contribution in [1.82, 2.24) is 0 Å². The smallest absolute Gasteiger partial charge is 0.150 e. The number of aldehydes is 1. The molecule has 1 aliphatic carbocycles. The Morgan fingerprint density at radius 3 is 2.15 bits per heavy atom. The Bertz CT molecular complexity index is 699. The van der Waals surface area contributed by atoms with E-state index in [0.29, 0.717) is 0 Å². The molecule has 0 bridgehead atoms. The first-order valence-corrected chi connectivity index (χ1v) is 6.87. The highest BCUT2D eigenvalue weighted by molar-refractivity contribution is 5.86. The fourth-order valence-corrected chi connectivity index (χ4v) is 3.09. The lowest BCUT2D eigenvalue weighted by Crippen LogP contribution is -2.16. The van der Waals surface area contributed by atoms with Crippen LogP contribution in [0.1, 0.15) is 35.3 Å². The van der Waals surface area contributed by atoms with Crippen molar-refractivity contribution in [2.45, 2.75) is 19.3 Å². The number of rotatable bonds is 2. The van der Waals surface area contributed by atoms with Crippen LogP contribution < -0.4 is 4.90 Å². The Labute approximate surface area is 120 Å². The van der Waals surface area contributed by atoms with Crippen molar-refractivity contribution in [2.75, 3.05) is 19.0 Å². The van der Waals surface area contributed by atoms with Gasteiger partial charge in [-0.3, -0.25) is 4.79 Å². The van der Waals surface area contributed by atoms with Crippen LogP contribution in [0.2, 0.25) is 0 Å². The van der Waals surface area contributed by atoms with E-state index in [2.05, 4.69) is 57.1 Å². The molecule has 3 rings (SSSR count). The van der Waals surface area contributed by atoms with Gasteiger partial charge in [-0.25, -0.2) is 0 Å². The number of carbonyl (C=O) groups is 1. The second-order valence-electron chi connectivity index (χ2n) is 6.17. The van der Waals surface area contributed by atoms with Gasteiger partial charge in [0.1, 0.15) is 6.29 Å². The largest absolute Gasteiger partial charge is 0.378 e. The molecular weight excluding hydrogens is 246 g/mol. The molecule has 0 unspecified atom stereocenters. The van der Waals surface area contributed by atoms with E-state index < -0.39 is 0 Å². The van der Waals surface area contributed by atoms with Crippen molar-refractivity contribution < 1.29 is 4.79 Å². The van der Waals surface area contributed by atoms with Gasteiger partial charge in [0.25, 0.3) is 0 Å². The molecule has 0 aliphatic heterocycles. The average molecular weight is 265 g/mol. The van der Waals surface area contributed by atoms with E-state index in [9.17, 15) is 4.79 Å². The van der Waals surface area contributed by atoms with E-state index in [1.165, 1.54) is 27.9 Å². The monoisotopic (exact) mass is 265 g/mol. The van der Waals surface area contributed by atoms with Crippen LogP contribution in [-0.2, 0) is 5.41 Å². The number of hydrogen-bond donors (Lipinski definition) is 0. The molecule has 2 aromatic carbocycles. The lowest BCUT2D eigenvalue weighted by molar-refractivity contribution is 0.112. The third-order valence-corrected chi connectivity index (χ3v) is 4.34. The molecule has 0 fully saturated rings. The van der Waals surface area contributed by atoms with E-state index in [0.717, 1.165) is 11.8 Å². The maximum absolute atomic E-state index is 11.0. The van der Waals surface area contributed by atoms with Crippen LogP contribution in [0.25, 0.3) is 11.1 Å². The van der Waals surface area contributed by atoms with Gasteiger partial charge in [0.15, 0.2) is 0 Å². The van der Waals surface area contributed by atoms with Crippen molar-refractivity contribution in [3.05, 3.63) is 53.1 Å². The van der Waals surface area contributed by atoms with E-state index in [-0.39, 0.29) is 5.41 Å². The summed E-state index contributed by atoms with van der Waals surface area (Å²) in [5.41, 5.74) is 7.01. The summed E-state index contributed by atoms with van der Waals surface area (Å²) >= 11 is 0. The molecule has 0 saturated heterocycles. The van der Waals surface area contributed by atoms with Crippen LogP contribution in [0.3, 0.4) is 0 Å². The van der Waals surface area contributed by atoms with Crippen LogP contribution >= 0.6 is 0 Å². The van der Waals surface area contributed by atoms with Crippen molar-refractivity contribution in [1.29, 1.82) is 0 Å². The number of carbonyl (C=O) groups excluding carboxylic acids is 1. The normalized spacial score (nSPS) is 14.6. The lowest BCUT2D eigenvalue weighted by Gasteiger charge is -2.23. The van der Waals surface area contributed by atoms with Gasteiger partial charge in [-0.2, -0.15) is 0 Å². The quantitative estimate of drug-likeness (QED) is 0.768. The highest BCUT2D eigenvalue weighted by Gasteiger charge is 2.35. The molecule has 1 aliphatic rings. The minimum atomic E-state index is -0.0598. The highest BCUT2D eigenvalue weighted by Crippen LogP contribution is 2.49. The zero-order chi connectivity index (χ0) is 14.5. The highest BCUT2D eigenvalue weighted by atomic mass is 16.1. The molecule has 0 aromatic heterocycles. The average Bonchev–Trinajstić information content (AvgIpc) is 2.67. The van der Waals surface area contributed by atoms with Gasteiger partial charge in [-0.1, -0.05) is 32.0 Å². The molecule has 102 valence electrons. The van der Waals surface area contributed by atoms with Crippen molar-refractivity contribution in [2.24, 2.45) is 0 Å². The summed E-state index contributed by atoms with van der Waals surface area (Å²) in [6.45, 7) is 4.46. The van der Waals surface area contributed by atoms with Gasteiger partial charge in [0.2, 0.25) is 0 Å². The minimum absolute atomic E-state index is 0.0598. The Morgan fingerprint density at radius 2 is 1.55 bits per heavy atom. The van der Waals surface area contributed by atoms with Crippen LogP contribution in [0.5, 0.6) is 0 Å². The fourth-order valence-electron chi connectivity index (χ4n) is 3.09. The summed E-state index contributed by atoms with van der Waals surface area (Å²) in [5.74, 6) is 0. The number of hydrogen-bond acceptors (Lipinski definition) is 2. The summed E-state index contributed by atoms with van der Waals surface area (Å²) in [4.78, 5) is 13.1. The molecule has 0 heterocycles. The van der Waals surface area contributed by atoms with Gasteiger partial charge >= 0.3 is 0 Å². The zero-order valence-corrected chi connectivity index (χ0v) is 12.4. The second kappa shape index (κ2) is 4.20. The van der Waals surface area contributed by atoms with Crippen LogP contribution in [0.15, 0.2) is 36.4 Å². The van der Waals surface area contributed by atoms with Crippen LogP contribution in [0, 0.1) is 0 Å². The van der Waals surface area contributed by atoms with Gasteiger partial charge in [-0.15, -0.1) is 0 Å². The molecule has 20 heavy (non-hydrogen) atoms. The summed E-state index contributed by atoms with van der Waals surface area (Å²) in [6, 6.07) is 12.6. The molecule has 0 saturated carbocycles. The molecule has 0 radical (unpaired) electrons. The molecule has 2 nitrogen and oxygen atoms in total. The van der Waals surface area contributed by atoms with Crippen molar-refractivity contribution >= 4 is 12.0 Å². The summed E-state index contributed by atoms with van der Waals surface area (Å²) in [5, 5.41) is 0.